The van der Waals surface area contributed by atoms with Gasteiger partial charge in [-0.3, -0.25) is 9.80 Å². The maximum absolute atomic E-state index is 4.33. The third-order valence-corrected chi connectivity index (χ3v) is 3.50. The molecule has 1 saturated heterocycles. The van der Waals surface area contributed by atoms with Gasteiger partial charge in [-0.25, -0.2) is 0 Å². The molecule has 78 valence electrons. The molecule has 1 atom stereocenters. The van der Waals surface area contributed by atoms with Crippen molar-refractivity contribution in [3.8, 4) is 0 Å². The molecule has 0 aliphatic carbocycles. The number of thiol groups is 1. The van der Waals surface area contributed by atoms with Crippen LogP contribution in [-0.4, -0.2) is 53.8 Å². The number of hydrogen-bond acceptors (Lipinski definition) is 3. The number of rotatable bonds is 3. The zero-order chi connectivity index (χ0) is 9.84. The molecule has 0 aromatic heterocycles. The summed E-state index contributed by atoms with van der Waals surface area (Å²) in [5, 5.41) is 0. The molecule has 1 unspecified atom stereocenters. The summed E-state index contributed by atoms with van der Waals surface area (Å²) in [5.74, 6) is 0.974. The molecule has 2 nitrogen and oxygen atoms in total. The van der Waals surface area contributed by atoms with Crippen LogP contribution in [-0.2, 0) is 0 Å². The third-order valence-electron chi connectivity index (χ3n) is 2.97. The fraction of sp³-hybridized carbons (Fsp3) is 1.00. The Bertz CT molecular complexity index is 142. The van der Waals surface area contributed by atoms with Gasteiger partial charge in [-0.1, -0.05) is 0 Å². The highest BCUT2D eigenvalue weighted by Crippen LogP contribution is 2.09. The third kappa shape index (κ3) is 3.15. The second-order valence-corrected chi connectivity index (χ2v) is 4.56. The summed E-state index contributed by atoms with van der Waals surface area (Å²) < 4.78 is 0. The molecule has 0 aromatic carbocycles. The van der Waals surface area contributed by atoms with Gasteiger partial charge < -0.3 is 0 Å². The molecule has 0 N–H and O–H groups in total. The van der Waals surface area contributed by atoms with Crippen LogP contribution in [0.4, 0.5) is 0 Å². The van der Waals surface area contributed by atoms with Crippen molar-refractivity contribution in [2.24, 2.45) is 0 Å². The molecule has 1 aliphatic rings. The Morgan fingerprint density at radius 3 is 1.85 bits per heavy atom. The van der Waals surface area contributed by atoms with E-state index >= 15 is 0 Å². The second-order valence-electron chi connectivity index (χ2n) is 4.20. The Kier molecular flexibility index (Phi) is 4.56. The van der Waals surface area contributed by atoms with E-state index in [1.165, 1.54) is 26.2 Å². The van der Waals surface area contributed by atoms with Crippen LogP contribution >= 0.6 is 12.6 Å². The summed E-state index contributed by atoms with van der Waals surface area (Å²) >= 11 is 4.33. The van der Waals surface area contributed by atoms with Crippen LogP contribution in [0.3, 0.4) is 0 Å². The van der Waals surface area contributed by atoms with Crippen molar-refractivity contribution in [1.29, 1.82) is 0 Å². The highest BCUT2D eigenvalue weighted by molar-refractivity contribution is 7.80. The van der Waals surface area contributed by atoms with Gasteiger partial charge in [0.2, 0.25) is 0 Å². The highest BCUT2D eigenvalue weighted by atomic mass is 32.1. The van der Waals surface area contributed by atoms with Crippen molar-refractivity contribution in [2.45, 2.75) is 32.9 Å². The number of hydrogen-bond donors (Lipinski definition) is 1. The Balaban J connectivity index is 2.30. The monoisotopic (exact) mass is 202 g/mol. The van der Waals surface area contributed by atoms with Gasteiger partial charge in [0.05, 0.1) is 0 Å². The molecule has 1 rings (SSSR count). The standard InChI is InChI=1S/C10H22N2S/c1-9(2)11-4-6-12(7-5-11)10(3)8-13/h9-10,13H,4-8H2,1-3H3. The molecule has 0 bridgehead atoms. The summed E-state index contributed by atoms with van der Waals surface area (Å²) in [4.78, 5) is 5.08. The molecule has 0 radical (unpaired) electrons. The predicted molar refractivity (Wildman–Crippen MR) is 61.6 cm³/mol. The van der Waals surface area contributed by atoms with Gasteiger partial charge in [0, 0.05) is 44.0 Å². The first kappa shape index (κ1) is 11.3. The lowest BCUT2D eigenvalue weighted by Gasteiger charge is -2.39. The first-order valence-electron chi connectivity index (χ1n) is 5.24. The molecule has 1 aliphatic heterocycles. The predicted octanol–water partition coefficient (Wildman–Crippen LogP) is 1.33. The van der Waals surface area contributed by atoms with Crippen LogP contribution in [0.1, 0.15) is 20.8 Å². The molecule has 3 heteroatoms. The second kappa shape index (κ2) is 5.23. The van der Waals surface area contributed by atoms with E-state index in [1.807, 2.05) is 0 Å². The lowest BCUT2D eigenvalue weighted by Crippen LogP contribution is -2.51. The topological polar surface area (TPSA) is 6.48 Å². The van der Waals surface area contributed by atoms with Crippen molar-refractivity contribution in [2.75, 3.05) is 31.9 Å². The van der Waals surface area contributed by atoms with Crippen LogP contribution in [0.15, 0.2) is 0 Å². The smallest absolute Gasteiger partial charge is 0.0156 e. The van der Waals surface area contributed by atoms with E-state index in [0.717, 1.165) is 5.75 Å². The molecule has 0 amide bonds. The first-order valence-corrected chi connectivity index (χ1v) is 5.87. The van der Waals surface area contributed by atoms with Crippen molar-refractivity contribution < 1.29 is 0 Å². The van der Waals surface area contributed by atoms with E-state index in [0.29, 0.717) is 12.1 Å². The maximum Gasteiger partial charge on any atom is 0.0156 e. The number of nitrogens with zero attached hydrogens (tertiary/aromatic N) is 2. The van der Waals surface area contributed by atoms with E-state index in [9.17, 15) is 0 Å². The van der Waals surface area contributed by atoms with Crippen LogP contribution < -0.4 is 0 Å². The van der Waals surface area contributed by atoms with E-state index in [1.54, 1.807) is 0 Å². The minimum Gasteiger partial charge on any atom is -0.298 e. The van der Waals surface area contributed by atoms with Gasteiger partial charge in [0.25, 0.3) is 0 Å². The molecule has 0 aromatic rings. The summed E-state index contributed by atoms with van der Waals surface area (Å²) in [7, 11) is 0. The fourth-order valence-corrected chi connectivity index (χ4v) is 2.04. The first-order chi connectivity index (χ1) is 6.15. The zero-order valence-electron chi connectivity index (χ0n) is 9.03. The lowest BCUT2D eigenvalue weighted by atomic mass is 10.2. The SMILES string of the molecule is CC(C)N1CCN(C(C)CS)CC1. The Hall–Kier alpha value is 0.270. The van der Waals surface area contributed by atoms with Crippen molar-refractivity contribution in [3.63, 3.8) is 0 Å². The van der Waals surface area contributed by atoms with Crippen molar-refractivity contribution in [1.82, 2.24) is 9.80 Å². The highest BCUT2D eigenvalue weighted by Gasteiger charge is 2.21. The minimum absolute atomic E-state index is 0.637. The van der Waals surface area contributed by atoms with Gasteiger partial charge in [-0.2, -0.15) is 12.6 Å². The van der Waals surface area contributed by atoms with Gasteiger partial charge in [-0.05, 0) is 20.8 Å². The quantitative estimate of drug-likeness (QED) is 0.690. The lowest BCUT2D eigenvalue weighted by molar-refractivity contribution is 0.0900. The molecular weight excluding hydrogens is 180 g/mol. The molecular formula is C10H22N2S. The summed E-state index contributed by atoms with van der Waals surface area (Å²) in [6, 6.07) is 1.34. The number of piperazine rings is 1. The average molecular weight is 202 g/mol. The van der Waals surface area contributed by atoms with Gasteiger partial charge in [-0.15, -0.1) is 0 Å². The molecule has 1 fully saturated rings. The maximum atomic E-state index is 4.33. The van der Waals surface area contributed by atoms with Crippen LogP contribution in [0.5, 0.6) is 0 Å². The zero-order valence-corrected chi connectivity index (χ0v) is 9.93. The van der Waals surface area contributed by atoms with E-state index in [2.05, 4.69) is 43.2 Å². The van der Waals surface area contributed by atoms with E-state index < -0.39 is 0 Å². The molecule has 0 saturated carbocycles. The Labute approximate surface area is 87.7 Å². The van der Waals surface area contributed by atoms with Gasteiger partial charge in [0.15, 0.2) is 0 Å². The summed E-state index contributed by atoms with van der Waals surface area (Å²) in [5.41, 5.74) is 0. The molecule has 0 spiro atoms. The van der Waals surface area contributed by atoms with Crippen molar-refractivity contribution in [3.05, 3.63) is 0 Å². The Morgan fingerprint density at radius 2 is 1.46 bits per heavy atom. The molecule has 1 heterocycles. The average Bonchev–Trinajstić information content (AvgIpc) is 2.17. The van der Waals surface area contributed by atoms with Crippen molar-refractivity contribution >= 4 is 12.6 Å². The van der Waals surface area contributed by atoms with Crippen LogP contribution in [0, 0.1) is 0 Å². The Morgan fingerprint density at radius 1 is 1.00 bits per heavy atom. The summed E-state index contributed by atoms with van der Waals surface area (Å²) in [6.45, 7) is 11.7. The molecule has 13 heavy (non-hydrogen) atoms. The van der Waals surface area contributed by atoms with Gasteiger partial charge in [0.1, 0.15) is 0 Å². The van der Waals surface area contributed by atoms with Gasteiger partial charge >= 0.3 is 0 Å². The van der Waals surface area contributed by atoms with Crippen LogP contribution in [0.25, 0.3) is 0 Å². The summed E-state index contributed by atoms with van der Waals surface area (Å²) in [6.07, 6.45) is 0. The normalized spacial score (nSPS) is 23.8. The minimum atomic E-state index is 0.637. The van der Waals surface area contributed by atoms with Crippen LogP contribution in [0.2, 0.25) is 0 Å². The van der Waals surface area contributed by atoms with E-state index in [-0.39, 0.29) is 0 Å². The van der Waals surface area contributed by atoms with E-state index in [4.69, 9.17) is 0 Å². The fourth-order valence-electron chi connectivity index (χ4n) is 1.81. The largest absolute Gasteiger partial charge is 0.298 e.